The van der Waals surface area contributed by atoms with E-state index in [2.05, 4.69) is 38.1 Å². The number of aromatic nitrogens is 2. The van der Waals surface area contributed by atoms with Gasteiger partial charge in [-0.3, -0.25) is 4.79 Å². The molecule has 1 heterocycles. The molecule has 0 fully saturated rings. The minimum atomic E-state index is -0.0360. The second-order valence-corrected chi connectivity index (χ2v) is 5.36. The first-order valence-corrected chi connectivity index (χ1v) is 6.16. The van der Waals surface area contributed by atoms with Crippen molar-refractivity contribution in [2.45, 2.75) is 52.6 Å². The van der Waals surface area contributed by atoms with Crippen molar-refractivity contribution in [3.8, 4) is 0 Å². The van der Waals surface area contributed by atoms with E-state index in [4.69, 9.17) is 0 Å². The van der Waals surface area contributed by atoms with E-state index in [0.29, 0.717) is 13.1 Å². The Bertz CT molecular complexity index is 399. The van der Waals surface area contributed by atoms with Crippen molar-refractivity contribution in [1.82, 2.24) is 15.1 Å². The van der Waals surface area contributed by atoms with Crippen molar-refractivity contribution in [3.05, 3.63) is 27.7 Å². The summed E-state index contributed by atoms with van der Waals surface area (Å²) in [6.45, 7) is 9.65. The van der Waals surface area contributed by atoms with Gasteiger partial charge in [-0.2, -0.15) is 5.10 Å². The summed E-state index contributed by atoms with van der Waals surface area (Å²) in [5.41, 5.74) is 1.75. The third kappa shape index (κ3) is 3.40. The lowest BCUT2D eigenvalue weighted by molar-refractivity contribution is 0.490. The third-order valence-corrected chi connectivity index (χ3v) is 2.62. The molecule has 0 unspecified atom stereocenters. The van der Waals surface area contributed by atoms with Gasteiger partial charge < -0.3 is 5.32 Å². The van der Waals surface area contributed by atoms with Gasteiger partial charge in [0.1, 0.15) is 0 Å². The van der Waals surface area contributed by atoms with E-state index >= 15 is 0 Å². The van der Waals surface area contributed by atoms with Crippen molar-refractivity contribution in [2.24, 2.45) is 0 Å². The molecule has 17 heavy (non-hydrogen) atoms. The summed E-state index contributed by atoms with van der Waals surface area (Å²) >= 11 is 0. The van der Waals surface area contributed by atoms with Crippen LogP contribution in [0.2, 0.25) is 0 Å². The highest BCUT2D eigenvalue weighted by Gasteiger charge is 2.18. The highest BCUT2D eigenvalue weighted by atomic mass is 16.1. The van der Waals surface area contributed by atoms with Gasteiger partial charge in [-0.15, -0.1) is 0 Å². The number of nitrogens with zero attached hydrogens (tertiary/aromatic N) is 2. The van der Waals surface area contributed by atoms with E-state index in [9.17, 15) is 4.79 Å². The van der Waals surface area contributed by atoms with E-state index in [1.165, 1.54) is 0 Å². The predicted octanol–water partition coefficient (Wildman–Crippen LogP) is 1.67. The van der Waals surface area contributed by atoms with Crippen LogP contribution in [0.15, 0.2) is 10.9 Å². The minimum absolute atomic E-state index is 0.0224. The Morgan fingerprint density at radius 1 is 1.41 bits per heavy atom. The highest BCUT2D eigenvalue weighted by molar-refractivity contribution is 5.19. The van der Waals surface area contributed by atoms with Crippen molar-refractivity contribution in [3.63, 3.8) is 0 Å². The molecule has 1 rings (SSSR count). The minimum Gasteiger partial charge on any atom is -0.315 e. The summed E-state index contributed by atoms with van der Waals surface area (Å²) < 4.78 is 1.59. The van der Waals surface area contributed by atoms with E-state index in [1.807, 2.05) is 13.1 Å². The molecule has 0 saturated carbocycles. The van der Waals surface area contributed by atoms with Gasteiger partial charge in [-0.1, -0.05) is 27.7 Å². The average Bonchev–Trinajstić information content (AvgIpc) is 2.22. The summed E-state index contributed by atoms with van der Waals surface area (Å²) in [4.78, 5) is 12.1. The van der Waals surface area contributed by atoms with Crippen LogP contribution in [0.5, 0.6) is 0 Å². The topological polar surface area (TPSA) is 46.9 Å². The van der Waals surface area contributed by atoms with Gasteiger partial charge in [-0.05, 0) is 19.5 Å². The van der Waals surface area contributed by atoms with Crippen LogP contribution in [0.1, 0.15) is 45.4 Å². The van der Waals surface area contributed by atoms with Gasteiger partial charge in [0, 0.05) is 24.1 Å². The lowest BCUT2D eigenvalue weighted by Crippen LogP contribution is -2.31. The second kappa shape index (κ2) is 5.45. The van der Waals surface area contributed by atoms with Gasteiger partial charge in [0.2, 0.25) is 0 Å². The first kappa shape index (κ1) is 13.9. The maximum atomic E-state index is 12.1. The molecule has 0 aliphatic heterocycles. The molecular weight excluding hydrogens is 214 g/mol. The summed E-state index contributed by atoms with van der Waals surface area (Å²) in [5, 5.41) is 7.48. The molecule has 0 aromatic carbocycles. The van der Waals surface area contributed by atoms with E-state index < -0.39 is 0 Å². The van der Waals surface area contributed by atoms with Crippen molar-refractivity contribution >= 4 is 0 Å². The van der Waals surface area contributed by atoms with Gasteiger partial charge in [0.05, 0.1) is 5.69 Å². The fraction of sp³-hybridized carbons (Fsp3) is 0.692. The number of rotatable bonds is 4. The van der Waals surface area contributed by atoms with Crippen LogP contribution in [0, 0.1) is 0 Å². The molecule has 1 N–H and O–H groups in total. The lowest BCUT2D eigenvalue weighted by Gasteiger charge is -2.20. The van der Waals surface area contributed by atoms with E-state index in [1.54, 1.807) is 4.68 Å². The maximum Gasteiger partial charge on any atom is 0.271 e. The Balaban J connectivity index is 3.31. The zero-order valence-electron chi connectivity index (χ0n) is 11.5. The molecule has 1 aromatic heterocycles. The average molecular weight is 237 g/mol. The van der Waals surface area contributed by atoms with Crippen LogP contribution in [-0.4, -0.2) is 16.8 Å². The molecule has 0 atom stereocenters. The zero-order chi connectivity index (χ0) is 13.1. The molecule has 4 nitrogen and oxygen atoms in total. The molecule has 0 spiro atoms. The molecule has 0 amide bonds. The fourth-order valence-electron chi connectivity index (χ4n) is 1.64. The molecule has 0 saturated heterocycles. The number of nitrogens with one attached hydrogen (secondary N) is 1. The molecular formula is C13H23N3O. The van der Waals surface area contributed by atoms with Gasteiger partial charge >= 0.3 is 0 Å². The van der Waals surface area contributed by atoms with Crippen molar-refractivity contribution in [1.29, 1.82) is 0 Å². The summed E-state index contributed by atoms with van der Waals surface area (Å²) in [6, 6.07) is 1.92. The van der Waals surface area contributed by atoms with Crippen LogP contribution in [0.4, 0.5) is 0 Å². The number of hydrogen-bond acceptors (Lipinski definition) is 3. The summed E-state index contributed by atoms with van der Waals surface area (Å²) in [5.74, 6) is 0. The maximum absolute atomic E-state index is 12.1. The second-order valence-electron chi connectivity index (χ2n) is 5.36. The zero-order valence-corrected chi connectivity index (χ0v) is 11.5. The molecule has 4 heteroatoms. The molecule has 0 aliphatic carbocycles. The van der Waals surface area contributed by atoms with E-state index in [0.717, 1.165) is 17.7 Å². The predicted molar refractivity (Wildman–Crippen MR) is 70.3 cm³/mol. The number of aryl methyl sites for hydroxylation is 1. The van der Waals surface area contributed by atoms with Crippen molar-refractivity contribution in [2.75, 3.05) is 7.05 Å². The summed E-state index contributed by atoms with van der Waals surface area (Å²) in [6.07, 6.45) is 0.916. The Morgan fingerprint density at radius 3 is 2.53 bits per heavy atom. The van der Waals surface area contributed by atoms with Gasteiger partial charge in [0.15, 0.2) is 0 Å². The Hall–Kier alpha value is -1.16. The monoisotopic (exact) mass is 237 g/mol. The molecule has 1 aromatic rings. The molecule has 96 valence electrons. The van der Waals surface area contributed by atoms with Gasteiger partial charge in [-0.25, -0.2) is 4.68 Å². The SMILES string of the molecule is CCCn1nc(C(C)(C)C)cc(CNC)c1=O. The smallest absolute Gasteiger partial charge is 0.271 e. The molecule has 0 aliphatic rings. The Morgan fingerprint density at radius 2 is 2.06 bits per heavy atom. The first-order chi connectivity index (χ1) is 7.90. The largest absolute Gasteiger partial charge is 0.315 e. The molecule has 0 bridgehead atoms. The van der Waals surface area contributed by atoms with Crippen LogP contribution in [0.25, 0.3) is 0 Å². The van der Waals surface area contributed by atoms with E-state index in [-0.39, 0.29) is 11.0 Å². The fourth-order valence-corrected chi connectivity index (χ4v) is 1.64. The highest BCUT2D eigenvalue weighted by Crippen LogP contribution is 2.19. The first-order valence-electron chi connectivity index (χ1n) is 6.16. The number of hydrogen-bond donors (Lipinski definition) is 1. The van der Waals surface area contributed by atoms with Crippen LogP contribution in [-0.2, 0) is 18.5 Å². The summed E-state index contributed by atoms with van der Waals surface area (Å²) in [7, 11) is 1.85. The Labute approximate surface area is 103 Å². The van der Waals surface area contributed by atoms with Crippen LogP contribution < -0.4 is 10.9 Å². The third-order valence-electron chi connectivity index (χ3n) is 2.62. The van der Waals surface area contributed by atoms with Crippen LogP contribution >= 0.6 is 0 Å². The standard InChI is InChI=1S/C13H23N3O/c1-6-7-16-12(17)10(9-14-5)8-11(15-16)13(2,3)4/h8,14H,6-7,9H2,1-5H3. The normalized spacial score (nSPS) is 11.8. The van der Waals surface area contributed by atoms with Crippen LogP contribution in [0.3, 0.4) is 0 Å². The lowest BCUT2D eigenvalue weighted by atomic mass is 9.91. The van der Waals surface area contributed by atoms with Crippen molar-refractivity contribution < 1.29 is 0 Å². The Kier molecular flexibility index (Phi) is 4.46. The molecule has 0 radical (unpaired) electrons. The van der Waals surface area contributed by atoms with Gasteiger partial charge in [0.25, 0.3) is 5.56 Å². The quantitative estimate of drug-likeness (QED) is 0.866.